The lowest BCUT2D eigenvalue weighted by Crippen LogP contribution is -2.04. The number of rotatable bonds is 1. The van der Waals surface area contributed by atoms with Crippen molar-refractivity contribution in [2.75, 3.05) is 0 Å². The van der Waals surface area contributed by atoms with Gasteiger partial charge < -0.3 is 0 Å². The predicted molar refractivity (Wildman–Crippen MR) is 68.4 cm³/mol. The number of fused-ring (bicyclic) bond motifs is 1. The van der Waals surface area contributed by atoms with Crippen molar-refractivity contribution in [2.45, 2.75) is 25.7 Å². The molecule has 3 rings (SSSR count). The SMILES string of the molecule is Fc1ccc(-c2cccc3c2CCCC3)cc1F. The third-order valence-electron chi connectivity index (χ3n) is 3.63. The Morgan fingerprint density at radius 3 is 2.50 bits per heavy atom. The maximum atomic E-state index is 13.3. The van der Waals surface area contributed by atoms with Gasteiger partial charge in [0.25, 0.3) is 0 Å². The van der Waals surface area contributed by atoms with Crippen molar-refractivity contribution in [3.8, 4) is 11.1 Å². The molecule has 0 saturated carbocycles. The number of hydrogen-bond donors (Lipinski definition) is 0. The van der Waals surface area contributed by atoms with Crippen molar-refractivity contribution in [3.63, 3.8) is 0 Å². The summed E-state index contributed by atoms with van der Waals surface area (Å²) in [6, 6.07) is 10.3. The van der Waals surface area contributed by atoms with Gasteiger partial charge >= 0.3 is 0 Å². The molecule has 92 valence electrons. The lowest BCUT2D eigenvalue weighted by Gasteiger charge is -2.19. The van der Waals surface area contributed by atoms with Crippen molar-refractivity contribution < 1.29 is 8.78 Å². The molecule has 0 bridgehead atoms. The van der Waals surface area contributed by atoms with E-state index in [9.17, 15) is 8.78 Å². The maximum Gasteiger partial charge on any atom is 0.159 e. The first kappa shape index (κ1) is 11.4. The van der Waals surface area contributed by atoms with Gasteiger partial charge in [-0.3, -0.25) is 0 Å². The minimum atomic E-state index is -0.788. The topological polar surface area (TPSA) is 0 Å². The fraction of sp³-hybridized carbons (Fsp3) is 0.250. The van der Waals surface area contributed by atoms with Crippen LogP contribution in [0.4, 0.5) is 8.78 Å². The molecule has 1 aliphatic carbocycles. The molecule has 0 saturated heterocycles. The molecular formula is C16H14F2. The zero-order chi connectivity index (χ0) is 12.5. The van der Waals surface area contributed by atoms with Crippen LogP contribution in [-0.4, -0.2) is 0 Å². The fourth-order valence-electron chi connectivity index (χ4n) is 2.72. The quantitative estimate of drug-likeness (QED) is 0.692. The molecule has 0 nitrogen and oxygen atoms in total. The van der Waals surface area contributed by atoms with E-state index in [1.165, 1.54) is 36.1 Å². The molecule has 0 aromatic heterocycles. The molecule has 2 heteroatoms. The molecule has 0 heterocycles. The Hall–Kier alpha value is -1.70. The van der Waals surface area contributed by atoms with E-state index in [0.717, 1.165) is 24.0 Å². The Morgan fingerprint density at radius 1 is 0.833 bits per heavy atom. The van der Waals surface area contributed by atoms with Crippen LogP contribution < -0.4 is 0 Å². The monoisotopic (exact) mass is 244 g/mol. The molecule has 2 aromatic rings. The molecule has 0 spiro atoms. The summed E-state index contributed by atoms with van der Waals surface area (Å²) in [7, 11) is 0. The van der Waals surface area contributed by atoms with Crippen LogP contribution in [0.25, 0.3) is 11.1 Å². The molecule has 0 fully saturated rings. The third kappa shape index (κ3) is 1.92. The van der Waals surface area contributed by atoms with Gasteiger partial charge in [0.1, 0.15) is 0 Å². The highest BCUT2D eigenvalue weighted by Crippen LogP contribution is 2.32. The summed E-state index contributed by atoms with van der Waals surface area (Å²) < 4.78 is 26.3. The van der Waals surface area contributed by atoms with Gasteiger partial charge in [-0.25, -0.2) is 8.78 Å². The molecule has 0 N–H and O–H groups in total. The Kier molecular flexibility index (Phi) is 2.86. The van der Waals surface area contributed by atoms with Crippen LogP contribution in [0.15, 0.2) is 36.4 Å². The van der Waals surface area contributed by atoms with Crippen LogP contribution in [0.5, 0.6) is 0 Å². The second-order valence-corrected chi connectivity index (χ2v) is 4.78. The second kappa shape index (κ2) is 4.52. The first-order valence-corrected chi connectivity index (χ1v) is 6.32. The van der Waals surface area contributed by atoms with Gasteiger partial charge in [0.2, 0.25) is 0 Å². The van der Waals surface area contributed by atoms with E-state index in [1.54, 1.807) is 6.07 Å². The molecule has 18 heavy (non-hydrogen) atoms. The molecule has 2 aromatic carbocycles. The first-order valence-electron chi connectivity index (χ1n) is 6.32. The summed E-state index contributed by atoms with van der Waals surface area (Å²) in [5.74, 6) is -1.57. The predicted octanol–water partition coefficient (Wildman–Crippen LogP) is 4.51. The van der Waals surface area contributed by atoms with Gasteiger partial charge in [0.05, 0.1) is 0 Å². The van der Waals surface area contributed by atoms with Crippen LogP contribution in [0.2, 0.25) is 0 Å². The zero-order valence-electron chi connectivity index (χ0n) is 10.0. The maximum absolute atomic E-state index is 13.3. The Labute approximate surface area is 105 Å². The van der Waals surface area contributed by atoms with Gasteiger partial charge in [0.15, 0.2) is 11.6 Å². The summed E-state index contributed by atoms with van der Waals surface area (Å²) in [5, 5.41) is 0. The Morgan fingerprint density at radius 2 is 1.67 bits per heavy atom. The van der Waals surface area contributed by atoms with Crippen molar-refractivity contribution in [3.05, 3.63) is 59.2 Å². The van der Waals surface area contributed by atoms with Crippen molar-refractivity contribution >= 4 is 0 Å². The van der Waals surface area contributed by atoms with E-state index in [2.05, 4.69) is 6.07 Å². The van der Waals surface area contributed by atoms with Crippen LogP contribution in [-0.2, 0) is 12.8 Å². The van der Waals surface area contributed by atoms with Gasteiger partial charge in [0, 0.05) is 0 Å². The van der Waals surface area contributed by atoms with E-state index in [1.807, 2.05) is 12.1 Å². The molecular weight excluding hydrogens is 230 g/mol. The van der Waals surface area contributed by atoms with Crippen LogP contribution in [0, 0.1) is 11.6 Å². The van der Waals surface area contributed by atoms with Crippen LogP contribution >= 0.6 is 0 Å². The summed E-state index contributed by atoms with van der Waals surface area (Å²) in [6.07, 6.45) is 4.51. The van der Waals surface area contributed by atoms with E-state index in [4.69, 9.17) is 0 Å². The zero-order valence-corrected chi connectivity index (χ0v) is 10.0. The van der Waals surface area contributed by atoms with E-state index >= 15 is 0 Å². The van der Waals surface area contributed by atoms with E-state index < -0.39 is 11.6 Å². The van der Waals surface area contributed by atoms with E-state index in [-0.39, 0.29) is 0 Å². The third-order valence-corrected chi connectivity index (χ3v) is 3.63. The average molecular weight is 244 g/mol. The average Bonchev–Trinajstić information content (AvgIpc) is 2.41. The molecule has 1 aliphatic rings. The number of aryl methyl sites for hydroxylation is 1. The number of hydrogen-bond acceptors (Lipinski definition) is 0. The Bertz CT molecular complexity index is 588. The second-order valence-electron chi connectivity index (χ2n) is 4.78. The fourth-order valence-corrected chi connectivity index (χ4v) is 2.72. The van der Waals surface area contributed by atoms with Crippen molar-refractivity contribution in [2.24, 2.45) is 0 Å². The summed E-state index contributed by atoms with van der Waals surface area (Å²) in [4.78, 5) is 0. The number of halogens is 2. The van der Waals surface area contributed by atoms with Gasteiger partial charge in [-0.15, -0.1) is 0 Å². The Balaban J connectivity index is 2.13. The highest BCUT2D eigenvalue weighted by Gasteiger charge is 2.14. The first-order chi connectivity index (χ1) is 8.75. The minimum Gasteiger partial charge on any atom is -0.204 e. The highest BCUT2D eigenvalue weighted by atomic mass is 19.2. The van der Waals surface area contributed by atoms with Crippen LogP contribution in [0.1, 0.15) is 24.0 Å². The van der Waals surface area contributed by atoms with Gasteiger partial charge in [-0.2, -0.15) is 0 Å². The van der Waals surface area contributed by atoms with Gasteiger partial charge in [-0.1, -0.05) is 24.3 Å². The molecule has 0 radical (unpaired) electrons. The molecule has 0 amide bonds. The van der Waals surface area contributed by atoms with Crippen molar-refractivity contribution in [1.82, 2.24) is 0 Å². The van der Waals surface area contributed by atoms with Crippen molar-refractivity contribution in [1.29, 1.82) is 0 Å². The lowest BCUT2D eigenvalue weighted by atomic mass is 9.86. The van der Waals surface area contributed by atoms with E-state index in [0.29, 0.717) is 0 Å². The molecule has 0 unspecified atom stereocenters. The minimum absolute atomic E-state index is 0.771. The highest BCUT2D eigenvalue weighted by molar-refractivity contribution is 5.69. The smallest absolute Gasteiger partial charge is 0.159 e. The summed E-state index contributed by atoms with van der Waals surface area (Å²) >= 11 is 0. The summed E-state index contributed by atoms with van der Waals surface area (Å²) in [5.41, 5.74) is 4.47. The normalized spacial score (nSPS) is 14.3. The van der Waals surface area contributed by atoms with Crippen LogP contribution in [0.3, 0.4) is 0 Å². The largest absolute Gasteiger partial charge is 0.204 e. The number of benzene rings is 2. The summed E-state index contributed by atoms with van der Waals surface area (Å²) in [6.45, 7) is 0. The standard InChI is InChI=1S/C16H14F2/c17-15-9-8-12(10-16(15)18)14-7-3-5-11-4-1-2-6-13(11)14/h3,5,7-10H,1-2,4,6H2. The molecule has 0 aliphatic heterocycles. The van der Waals surface area contributed by atoms with Gasteiger partial charge in [-0.05, 0) is 60.1 Å². The lowest BCUT2D eigenvalue weighted by molar-refractivity contribution is 0.509. The molecule has 0 atom stereocenters.